The molecule has 4 rings (SSSR count). The minimum absolute atomic E-state index is 0.0266. The van der Waals surface area contributed by atoms with E-state index in [0.717, 1.165) is 5.56 Å². The third-order valence-corrected chi connectivity index (χ3v) is 8.11. The molecule has 2 aromatic carbocycles. The molecule has 5 atom stereocenters. The lowest BCUT2D eigenvalue weighted by Crippen LogP contribution is -2.68. The first-order valence-corrected chi connectivity index (χ1v) is 12.0. The van der Waals surface area contributed by atoms with Gasteiger partial charge in [0.15, 0.2) is 5.78 Å². The van der Waals surface area contributed by atoms with E-state index in [0.29, 0.717) is 17.5 Å². The number of hydrogen-bond donors (Lipinski definition) is 5. The van der Waals surface area contributed by atoms with Crippen LogP contribution in [0.1, 0.15) is 59.0 Å². The molecule has 9 heteroatoms. The average molecular weight is 497 g/mol. The minimum Gasteiger partial charge on any atom is -0.507 e. The van der Waals surface area contributed by atoms with Crippen LogP contribution < -0.4 is 10.6 Å². The van der Waals surface area contributed by atoms with Crippen molar-refractivity contribution in [3.8, 4) is 5.75 Å². The molecule has 1 saturated heterocycles. The summed E-state index contributed by atoms with van der Waals surface area (Å²) in [5, 5.41) is 39.8. The summed E-state index contributed by atoms with van der Waals surface area (Å²) in [6.07, 6.45) is 0.484. The molecule has 1 saturated carbocycles. The molecule has 2 amide bonds. The van der Waals surface area contributed by atoms with Crippen LogP contribution in [0.4, 0.5) is 4.79 Å². The number of aliphatic hydroxyl groups is 2. The van der Waals surface area contributed by atoms with E-state index < -0.39 is 47.3 Å². The van der Waals surface area contributed by atoms with Gasteiger partial charge in [0.2, 0.25) is 0 Å². The molecule has 2 fully saturated rings. The number of aromatic hydroxyl groups is 1. The van der Waals surface area contributed by atoms with Crippen LogP contribution in [0.25, 0.3) is 0 Å². The summed E-state index contributed by atoms with van der Waals surface area (Å²) in [7, 11) is 0. The van der Waals surface area contributed by atoms with Gasteiger partial charge in [-0.05, 0) is 56.9 Å². The SMILES string of the molecule is CC[C@]12NC(=O)N[C@H]1[C@H](Cc1cccc(C(C)=O)c1)[C@](O)(COC(=O)c1c(C)cccc1O)[C@]2(C)O. The Bertz CT molecular complexity index is 1210. The van der Waals surface area contributed by atoms with Gasteiger partial charge in [-0.3, -0.25) is 4.79 Å². The molecule has 5 N–H and O–H groups in total. The Morgan fingerprint density at radius 2 is 1.83 bits per heavy atom. The molecule has 0 unspecified atom stereocenters. The second-order valence-corrected chi connectivity index (χ2v) is 10.0. The number of urea groups is 1. The zero-order valence-electron chi connectivity index (χ0n) is 20.8. The fourth-order valence-electron chi connectivity index (χ4n) is 6.00. The molecule has 0 aromatic heterocycles. The van der Waals surface area contributed by atoms with Crippen molar-refractivity contribution in [3.63, 3.8) is 0 Å². The number of rotatable bonds is 7. The van der Waals surface area contributed by atoms with Crippen LogP contribution in [0.3, 0.4) is 0 Å². The molecule has 192 valence electrons. The Balaban J connectivity index is 1.73. The number of fused-ring (bicyclic) bond motifs is 1. The molecule has 0 radical (unpaired) electrons. The molecule has 1 aliphatic carbocycles. The second-order valence-electron chi connectivity index (χ2n) is 10.0. The first kappa shape index (κ1) is 25.7. The first-order chi connectivity index (χ1) is 16.9. The van der Waals surface area contributed by atoms with Crippen molar-refractivity contribution in [3.05, 3.63) is 64.7 Å². The van der Waals surface area contributed by atoms with Crippen molar-refractivity contribution in [2.24, 2.45) is 5.92 Å². The van der Waals surface area contributed by atoms with Crippen LogP contribution in [0.2, 0.25) is 0 Å². The summed E-state index contributed by atoms with van der Waals surface area (Å²) in [4.78, 5) is 37.3. The summed E-state index contributed by atoms with van der Waals surface area (Å²) in [6.45, 7) is 5.75. The molecule has 2 aliphatic rings. The Labute approximate surface area is 209 Å². The fourth-order valence-corrected chi connectivity index (χ4v) is 6.00. The van der Waals surface area contributed by atoms with Crippen LogP contribution in [0, 0.1) is 12.8 Å². The number of aryl methyl sites for hydroxylation is 1. The van der Waals surface area contributed by atoms with Gasteiger partial charge in [0.1, 0.15) is 29.1 Å². The Morgan fingerprint density at radius 1 is 1.14 bits per heavy atom. The summed E-state index contributed by atoms with van der Waals surface area (Å²) < 4.78 is 5.52. The number of ketones is 1. The van der Waals surface area contributed by atoms with Crippen LogP contribution in [-0.2, 0) is 11.2 Å². The molecule has 1 heterocycles. The van der Waals surface area contributed by atoms with E-state index in [1.807, 2.05) is 0 Å². The summed E-state index contributed by atoms with van der Waals surface area (Å²) in [5.41, 5.74) is -3.45. The number of esters is 1. The predicted molar refractivity (Wildman–Crippen MR) is 131 cm³/mol. The van der Waals surface area contributed by atoms with Gasteiger partial charge in [-0.15, -0.1) is 0 Å². The van der Waals surface area contributed by atoms with E-state index in [9.17, 15) is 29.7 Å². The lowest BCUT2D eigenvalue weighted by Gasteiger charge is -2.45. The third kappa shape index (κ3) is 3.74. The highest BCUT2D eigenvalue weighted by atomic mass is 16.5. The average Bonchev–Trinajstić information content (AvgIpc) is 3.23. The van der Waals surface area contributed by atoms with Gasteiger partial charge >= 0.3 is 12.0 Å². The number of nitrogens with one attached hydrogen (secondary N) is 2. The highest BCUT2D eigenvalue weighted by Crippen LogP contribution is 2.54. The van der Waals surface area contributed by atoms with E-state index in [1.165, 1.54) is 19.9 Å². The Hall–Kier alpha value is -3.43. The van der Waals surface area contributed by atoms with E-state index in [1.54, 1.807) is 50.2 Å². The molecule has 9 nitrogen and oxygen atoms in total. The number of Topliss-reactive ketones (excluding diaryl/α,β-unsaturated/α-hetero) is 1. The van der Waals surface area contributed by atoms with Crippen LogP contribution in [0.15, 0.2) is 42.5 Å². The Kier molecular flexibility index (Phi) is 6.34. The molecular weight excluding hydrogens is 464 g/mol. The largest absolute Gasteiger partial charge is 0.507 e. The molecule has 0 spiro atoms. The van der Waals surface area contributed by atoms with Crippen LogP contribution in [0.5, 0.6) is 5.75 Å². The number of phenols is 1. The summed E-state index contributed by atoms with van der Waals surface area (Å²) >= 11 is 0. The van der Waals surface area contributed by atoms with Crippen molar-refractivity contribution >= 4 is 17.8 Å². The predicted octanol–water partition coefficient (Wildman–Crippen LogP) is 2.24. The zero-order chi connectivity index (χ0) is 26.5. The van der Waals surface area contributed by atoms with Gasteiger partial charge in [0.05, 0.1) is 11.6 Å². The van der Waals surface area contributed by atoms with Gasteiger partial charge < -0.3 is 30.7 Å². The first-order valence-electron chi connectivity index (χ1n) is 12.0. The molecule has 2 aromatic rings. The monoisotopic (exact) mass is 496 g/mol. The minimum atomic E-state index is -1.99. The maximum atomic E-state index is 12.9. The summed E-state index contributed by atoms with van der Waals surface area (Å²) in [5.74, 6) is -1.99. The lowest BCUT2D eigenvalue weighted by atomic mass is 9.74. The van der Waals surface area contributed by atoms with E-state index in [4.69, 9.17) is 4.74 Å². The van der Waals surface area contributed by atoms with Crippen molar-refractivity contribution in [2.75, 3.05) is 6.61 Å². The van der Waals surface area contributed by atoms with Crippen molar-refractivity contribution in [1.82, 2.24) is 10.6 Å². The van der Waals surface area contributed by atoms with Crippen molar-refractivity contribution in [2.45, 2.75) is 63.3 Å². The van der Waals surface area contributed by atoms with Gasteiger partial charge in [-0.1, -0.05) is 37.3 Å². The quantitative estimate of drug-likeness (QED) is 0.292. The molecule has 0 bridgehead atoms. The Morgan fingerprint density at radius 3 is 2.47 bits per heavy atom. The number of amides is 2. The van der Waals surface area contributed by atoms with Crippen molar-refractivity contribution in [1.29, 1.82) is 0 Å². The van der Waals surface area contributed by atoms with Gasteiger partial charge in [-0.25, -0.2) is 9.59 Å². The number of ether oxygens (including phenoxy) is 1. The maximum Gasteiger partial charge on any atom is 0.342 e. The lowest BCUT2D eigenvalue weighted by molar-refractivity contribution is -0.183. The maximum absolute atomic E-state index is 12.9. The fraction of sp³-hybridized carbons (Fsp3) is 0.444. The normalized spacial score (nSPS) is 30.9. The second kappa shape index (κ2) is 8.90. The third-order valence-electron chi connectivity index (χ3n) is 8.11. The van der Waals surface area contributed by atoms with Gasteiger partial charge in [-0.2, -0.15) is 0 Å². The molecule has 36 heavy (non-hydrogen) atoms. The van der Waals surface area contributed by atoms with E-state index >= 15 is 0 Å². The number of phenolic OH excluding ortho intramolecular Hbond substituents is 1. The van der Waals surface area contributed by atoms with Crippen LogP contribution >= 0.6 is 0 Å². The topological polar surface area (TPSA) is 145 Å². The highest BCUT2D eigenvalue weighted by Gasteiger charge is 2.76. The van der Waals surface area contributed by atoms with E-state index in [2.05, 4.69) is 10.6 Å². The van der Waals surface area contributed by atoms with Gasteiger partial charge in [0, 0.05) is 11.5 Å². The number of hydrogen-bond acceptors (Lipinski definition) is 7. The van der Waals surface area contributed by atoms with Crippen LogP contribution in [-0.4, -0.2) is 62.5 Å². The number of benzene rings is 2. The van der Waals surface area contributed by atoms with Crippen molar-refractivity contribution < 1.29 is 34.4 Å². The highest BCUT2D eigenvalue weighted by molar-refractivity contribution is 5.94. The number of carbonyl (C=O) groups excluding carboxylic acids is 3. The summed E-state index contributed by atoms with van der Waals surface area (Å²) in [6, 6.07) is 10.4. The van der Waals surface area contributed by atoms with Gasteiger partial charge in [0.25, 0.3) is 0 Å². The molecule has 1 aliphatic heterocycles. The molecular formula is C27H32N2O7. The number of carbonyl (C=O) groups is 3. The van der Waals surface area contributed by atoms with E-state index in [-0.39, 0.29) is 23.5 Å². The smallest absolute Gasteiger partial charge is 0.342 e. The zero-order valence-corrected chi connectivity index (χ0v) is 20.8. The standard InChI is InChI=1S/C27H32N2O7/c1-5-26-22(28-24(33)29-26)19(13-17-9-7-10-18(12-17)16(3)30)27(35,25(26,4)34)14-36-23(32)21-15(2)8-6-11-20(21)31/h6-12,19,22,31,34-35H,5,13-14H2,1-4H3,(H2,28,29,33)/t19-,22-,25+,26-,27+/m0/s1.